The molecule has 0 N–H and O–H groups in total. The zero-order chi connectivity index (χ0) is 12.3. The van der Waals surface area contributed by atoms with Crippen LogP contribution in [-0.2, 0) is 0 Å². The zero-order valence-electron chi connectivity index (χ0n) is 11.2. The van der Waals surface area contributed by atoms with E-state index in [1.807, 2.05) is 12.4 Å². The predicted octanol–water partition coefficient (Wildman–Crippen LogP) is 5.14. The SMILES string of the molecule is [CH2]C(CCCCCCCCC)c1ccncc1. The standard InChI is InChI=1S/C16H26N/c1-3-4-5-6-7-8-9-10-15(2)16-11-13-17-14-12-16/h11-15H,2-10H2,1H3. The molecule has 0 aliphatic heterocycles. The summed E-state index contributed by atoms with van der Waals surface area (Å²) >= 11 is 0. The van der Waals surface area contributed by atoms with Crippen LogP contribution in [0.4, 0.5) is 0 Å². The summed E-state index contributed by atoms with van der Waals surface area (Å²) in [7, 11) is 0. The molecule has 1 aromatic rings. The number of pyridine rings is 1. The average Bonchev–Trinajstić information content (AvgIpc) is 2.38. The number of unbranched alkanes of at least 4 members (excludes halogenated alkanes) is 6. The highest BCUT2D eigenvalue weighted by Gasteiger charge is 2.04. The zero-order valence-corrected chi connectivity index (χ0v) is 11.2. The van der Waals surface area contributed by atoms with Crippen molar-refractivity contribution < 1.29 is 0 Å². The van der Waals surface area contributed by atoms with Crippen molar-refractivity contribution in [1.82, 2.24) is 4.98 Å². The van der Waals surface area contributed by atoms with Gasteiger partial charge in [-0.25, -0.2) is 0 Å². The molecule has 1 unspecified atom stereocenters. The molecule has 0 aliphatic carbocycles. The number of nitrogens with zero attached hydrogens (tertiary/aromatic N) is 1. The van der Waals surface area contributed by atoms with Gasteiger partial charge in [-0.1, -0.05) is 51.9 Å². The van der Waals surface area contributed by atoms with Crippen LogP contribution in [0.25, 0.3) is 0 Å². The molecular weight excluding hydrogens is 206 g/mol. The van der Waals surface area contributed by atoms with Crippen molar-refractivity contribution in [3.63, 3.8) is 0 Å². The molecule has 0 bridgehead atoms. The lowest BCUT2D eigenvalue weighted by molar-refractivity contribution is 0.561. The van der Waals surface area contributed by atoms with Gasteiger partial charge in [0, 0.05) is 12.4 Å². The Morgan fingerprint density at radius 1 is 1.00 bits per heavy atom. The highest BCUT2D eigenvalue weighted by molar-refractivity contribution is 5.16. The smallest absolute Gasteiger partial charge is 0.0270 e. The quantitative estimate of drug-likeness (QED) is 0.537. The fraction of sp³-hybridized carbons (Fsp3) is 0.625. The summed E-state index contributed by atoms with van der Waals surface area (Å²) in [6, 6.07) is 4.16. The van der Waals surface area contributed by atoms with E-state index in [9.17, 15) is 0 Å². The van der Waals surface area contributed by atoms with Crippen LogP contribution in [0.5, 0.6) is 0 Å². The third kappa shape index (κ3) is 6.45. The number of aromatic nitrogens is 1. The first-order valence-electron chi connectivity index (χ1n) is 7.07. The van der Waals surface area contributed by atoms with Crippen molar-refractivity contribution in [3.05, 3.63) is 37.0 Å². The molecule has 1 heterocycles. The van der Waals surface area contributed by atoms with Gasteiger partial charge in [0.2, 0.25) is 0 Å². The van der Waals surface area contributed by atoms with Gasteiger partial charge < -0.3 is 0 Å². The molecule has 1 atom stereocenters. The lowest BCUT2D eigenvalue weighted by atomic mass is 9.95. The maximum atomic E-state index is 4.23. The Kier molecular flexibility index (Phi) is 7.70. The fourth-order valence-corrected chi connectivity index (χ4v) is 2.15. The van der Waals surface area contributed by atoms with Gasteiger partial charge in [-0.05, 0) is 37.0 Å². The van der Waals surface area contributed by atoms with Crippen molar-refractivity contribution >= 4 is 0 Å². The Labute approximate surface area is 107 Å². The van der Waals surface area contributed by atoms with Crippen molar-refractivity contribution in [2.24, 2.45) is 0 Å². The Hall–Kier alpha value is -0.850. The summed E-state index contributed by atoms with van der Waals surface area (Å²) < 4.78 is 0. The summed E-state index contributed by atoms with van der Waals surface area (Å²) in [4.78, 5) is 4.04. The summed E-state index contributed by atoms with van der Waals surface area (Å²) in [5, 5.41) is 0. The van der Waals surface area contributed by atoms with Gasteiger partial charge in [0.05, 0.1) is 0 Å². The molecule has 0 saturated heterocycles. The largest absolute Gasteiger partial charge is 0.265 e. The first kappa shape index (κ1) is 14.2. The third-order valence-corrected chi connectivity index (χ3v) is 3.33. The Bertz CT molecular complexity index is 268. The van der Waals surface area contributed by atoms with Crippen LogP contribution >= 0.6 is 0 Å². The van der Waals surface area contributed by atoms with Gasteiger partial charge in [-0.2, -0.15) is 0 Å². The normalized spacial score (nSPS) is 12.6. The molecule has 1 rings (SSSR count). The molecular formula is C16H26N. The van der Waals surface area contributed by atoms with E-state index < -0.39 is 0 Å². The van der Waals surface area contributed by atoms with Crippen molar-refractivity contribution in [1.29, 1.82) is 0 Å². The minimum atomic E-state index is 0.439. The van der Waals surface area contributed by atoms with Crippen molar-refractivity contribution in [2.75, 3.05) is 0 Å². The maximum absolute atomic E-state index is 4.23. The summed E-state index contributed by atoms with van der Waals surface area (Å²) in [6.07, 6.45) is 14.5. The number of hydrogen-bond acceptors (Lipinski definition) is 1. The second-order valence-corrected chi connectivity index (χ2v) is 4.89. The highest BCUT2D eigenvalue weighted by atomic mass is 14.6. The predicted molar refractivity (Wildman–Crippen MR) is 74.9 cm³/mol. The van der Waals surface area contributed by atoms with Crippen LogP contribution in [0.2, 0.25) is 0 Å². The van der Waals surface area contributed by atoms with Crippen LogP contribution in [0.15, 0.2) is 24.5 Å². The Balaban J connectivity index is 2.03. The summed E-state index contributed by atoms with van der Waals surface area (Å²) in [6.45, 7) is 6.49. The third-order valence-electron chi connectivity index (χ3n) is 3.33. The molecule has 17 heavy (non-hydrogen) atoms. The summed E-state index contributed by atoms with van der Waals surface area (Å²) in [5.41, 5.74) is 1.32. The molecule has 1 heteroatoms. The topological polar surface area (TPSA) is 12.9 Å². The minimum Gasteiger partial charge on any atom is -0.265 e. The minimum absolute atomic E-state index is 0.439. The number of hydrogen-bond donors (Lipinski definition) is 0. The monoisotopic (exact) mass is 232 g/mol. The van der Waals surface area contributed by atoms with Crippen LogP contribution in [0, 0.1) is 6.92 Å². The first-order valence-corrected chi connectivity index (χ1v) is 7.07. The van der Waals surface area contributed by atoms with E-state index in [0.29, 0.717) is 5.92 Å². The van der Waals surface area contributed by atoms with E-state index in [-0.39, 0.29) is 0 Å². The van der Waals surface area contributed by atoms with E-state index in [0.717, 1.165) is 0 Å². The summed E-state index contributed by atoms with van der Waals surface area (Å²) in [5.74, 6) is 0.439. The molecule has 0 fully saturated rings. The van der Waals surface area contributed by atoms with Crippen LogP contribution in [0.3, 0.4) is 0 Å². The molecule has 1 nitrogen and oxygen atoms in total. The van der Waals surface area contributed by atoms with Crippen LogP contribution in [-0.4, -0.2) is 4.98 Å². The molecule has 0 aromatic carbocycles. The molecule has 0 saturated carbocycles. The van der Waals surface area contributed by atoms with Gasteiger partial charge >= 0.3 is 0 Å². The van der Waals surface area contributed by atoms with Gasteiger partial charge in [-0.15, -0.1) is 0 Å². The van der Waals surface area contributed by atoms with E-state index in [2.05, 4.69) is 31.0 Å². The second-order valence-electron chi connectivity index (χ2n) is 4.89. The maximum Gasteiger partial charge on any atom is 0.0270 e. The average molecular weight is 232 g/mol. The molecule has 1 radical (unpaired) electrons. The molecule has 95 valence electrons. The first-order chi connectivity index (χ1) is 8.34. The van der Waals surface area contributed by atoms with Crippen molar-refractivity contribution in [3.8, 4) is 0 Å². The van der Waals surface area contributed by atoms with Gasteiger partial charge in [0.1, 0.15) is 0 Å². The second kappa shape index (κ2) is 9.21. The molecule has 0 amide bonds. The molecule has 0 aliphatic rings. The molecule has 1 aromatic heterocycles. The van der Waals surface area contributed by atoms with Gasteiger partial charge in [-0.3, -0.25) is 4.98 Å². The van der Waals surface area contributed by atoms with Crippen LogP contribution < -0.4 is 0 Å². The van der Waals surface area contributed by atoms with E-state index in [4.69, 9.17) is 0 Å². The van der Waals surface area contributed by atoms with Gasteiger partial charge in [0.15, 0.2) is 0 Å². The molecule has 0 spiro atoms. The van der Waals surface area contributed by atoms with E-state index in [1.165, 1.54) is 56.9 Å². The Morgan fingerprint density at radius 3 is 2.24 bits per heavy atom. The van der Waals surface area contributed by atoms with Crippen molar-refractivity contribution in [2.45, 2.75) is 64.2 Å². The lowest BCUT2D eigenvalue weighted by Crippen LogP contribution is -1.94. The van der Waals surface area contributed by atoms with E-state index >= 15 is 0 Å². The number of rotatable bonds is 9. The van der Waals surface area contributed by atoms with Crippen LogP contribution in [0.1, 0.15) is 69.8 Å². The van der Waals surface area contributed by atoms with Gasteiger partial charge in [0.25, 0.3) is 0 Å². The lowest BCUT2D eigenvalue weighted by Gasteiger charge is -2.10. The highest BCUT2D eigenvalue weighted by Crippen LogP contribution is 2.21. The fourth-order valence-electron chi connectivity index (χ4n) is 2.15. The van der Waals surface area contributed by atoms with E-state index in [1.54, 1.807) is 0 Å². The Morgan fingerprint density at radius 2 is 1.59 bits per heavy atom.